The van der Waals surface area contributed by atoms with E-state index in [1.807, 2.05) is 79.9 Å². The Labute approximate surface area is 192 Å². The second kappa shape index (κ2) is 9.40. The summed E-state index contributed by atoms with van der Waals surface area (Å²) in [6, 6.07) is 17.0. The van der Waals surface area contributed by atoms with Crippen LogP contribution in [0.2, 0.25) is 5.02 Å². The molecule has 6 nitrogen and oxygen atoms in total. The molecule has 2 heterocycles. The zero-order valence-corrected chi connectivity index (χ0v) is 19.1. The summed E-state index contributed by atoms with van der Waals surface area (Å²) in [7, 11) is 0. The number of benzene rings is 2. The molecule has 0 atom stereocenters. The molecule has 0 radical (unpaired) electrons. The van der Waals surface area contributed by atoms with E-state index in [0.29, 0.717) is 35.9 Å². The maximum Gasteiger partial charge on any atom is 0.224 e. The topological polar surface area (TPSA) is 68.5 Å². The second-order valence-corrected chi connectivity index (χ2v) is 7.98. The Morgan fingerprint density at radius 1 is 1.12 bits per heavy atom. The van der Waals surface area contributed by atoms with Gasteiger partial charge in [0, 0.05) is 34.5 Å². The van der Waals surface area contributed by atoms with E-state index in [1.54, 1.807) is 0 Å². The summed E-state index contributed by atoms with van der Waals surface area (Å²) in [4.78, 5) is 17.3. The zero-order chi connectivity index (χ0) is 22.7. The molecule has 4 rings (SSSR count). The van der Waals surface area contributed by atoms with Gasteiger partial charge in [0.1, 0.15) is 5.75 Å². The smallest absolute Gasteiger partial charge is 0.224 e. The Bertz CT molecular complexity index is 1270. The highest BCUT2D eigenvalue weighted by Gasteiger charge is 2.15. The summed E-state index contributed by atoms with van der Waals surface area (Å²) >= 11 is 6.00. The van der Waals surface area contributed by atoms with Crippen molar-refractivity contribution in [3.63, 3.8) is 0 Å². The van der Waals surface area contributed by atoms with Crippen molar-refractivity contribution in [2.45, 2.75) is 33.6 Å². The fraction of sp³-hybridized carbons (Fsp3) is 0.240. The molecule has 164 valence electrons. The Hall–Kier alpha value is -3.38. The van der Waals surface area contributed by atoms with Crippen LogP contribution < -0.4 is 10.1 Å². The monoisotopic (exact) mass is 448 g/mol. The SMILES string of the molecule is CCOc1ccccc1NC(=O)CCc1c(C)nc2cc(-c3ccc(Cl)cc3)nn2c1C. The van der Waals surface area contributed by atoms with Gasteiger partial charge in [0.15, 0.2) is 5.65 Å². The van der Waals surface area contributed by atoms with Crippen molar-refractivity contribution in [3.05, 3.63) is 76.6 Å². The number of fused-ring (bicyclic) bond motifs is 1. The molecular weight excluding hydrogens is 424 g/mol. The van der Waals surface area contributed by atoms with Gasteiger partial charge >= 0.3 is 0 Å². The van der Waals surface area contributed by atoms with E-state index in [9.17, 15) is 4.79 Å². The van der Waals surface area contributed by atoms with E-state index >= 15 is 0 Å². The lowest BCUT2D eigenvalue weighted by Gasteiger charge is -2.13. The summed E-state index contributed by atoms with van der Waals surface area (Å²) in [5.41, 5.74) is 6.18. The Balaban J connectivity index is 1.53. The molecule has 1 amide bonds. The van der Waals surface area contributed by atoms with Gasteiger partial charge in [-0.25, -0.2) is 9.50 Å². The van der Waals surface area contributed by atoms with Crippen LogP contribution in [0.15, 0.2) is 54.6 Å². The number of aromatic nitrogens is 3. The number of rotatable bonds is 7. The van der Waals surface area contributed by atoms with Crippen LogP contribution in [0.25, 0.3) is 16.9 Å². The van der Waals surface area contributed by atoms with Crippen molar-refractivity contribution in [2.75, 3.05) is 11.9 Å². The first-order chi connectivity index (χ1) is 15.5. The van der Waals surface area contributed by atoms with Gasteiger partial charge in [0.2, 0.25) is 5.91 Å². The molecule has 0 aliphatic carbocycles. The minimum absolute atomic E-state index is 0.0710. The van der Waals surface area contributed by atoms with Crippen LogP contribution in [0, 0.1) is 13.8 Å². The zero-order valence-electron chi connectivity index (χ0n) is 18.4. The molecule has 7 heteroatoms. The van der Waals surface area contributed by atoms with Crippen molar-refractivity contribution in [2.24, 2.45) is 0 Å². The number of aryl methyl sites for hydroxylation is 2. The summed E-state index contributed by atoms with van der Waals surface area (Å²) in [5.74, 6) is 0.600. The quantitative estimate of drug-likeness (QED) is 0.397. The highest BCUT2D eigenvalue weighted by Crippen LogP contribution is 2.26. The van der Waals surface area contributed by atoms with E-state index < -0.39 is 0 Å². The molecule has 32 heavy (non-hydrogen) atoms. The van der Waals surface area contributed by atoms with Gasteiger partial charge in [0.05, 0.1) is 18.0 Å². The average molecular weight is 449 g/mol. The van der Waals surface area contributed by atoms with Crippen molar-refractivity contribution >= 4 is 28.8 Å². The highest BCUT2D eigenvalue weighted by atomic mass is 35.5. The molecule has 2 aromatic heterocycles. The number of anilines is 1. The van der Waals surface area contributed by atoms with Gasteiger partial charge in [-0.05, 0) is 57.0 Å². The number of carbonyl (C=O) groups is 1. The number of amides is 1. The van der Waals surface area contributed by atoms with Gasteiger partial charge in [-0.3, -0.25) is 4.79 Å². The molecule has 0 bridgehead atoms. The normalized spacial score (nSPS) is 11.0. The van der Waals surface area contributed by atoms with E-state index in [4.69, 9.17) is 26.4 Å². The number of carbonyl (C=O) groups excluding carboxylic acids is 1. The number of hydrogen-bond donors (Lipinski definition) is 1. The third-order valence-electron chi connectivity index (χ3n) is 5.37. The predicted molar refractivity (Wildman–Crippen MR) is 127 cm³/mol. The standard InChI is InChI=1S/C25H25ClN4O2/c1-4-32-23-8-6-5-7-21(23)28-25(31)14-13-20-16(2)27-24-15-22(29-30(24)17(20)3)18-9-11-19(26)12-10-18/h5-12,15H,4,13-14H2,1-3H3,(H,28,31). The van der Waals surface area contributed by atoms with Gasteiger partial charge < -0.3 is 10.1 Å². The molecule has 0 aliphatic heterocycles. The second-order valence-electron chi connectivity index (χ2n) is 7.54. The lowest BCUT2D eigenvalue weighted by Crippen LogP contribution is -2.15. The number of nitrogens with one attached hydrogen (secondary N) is 1. The lowest BCUT2D eigenvalue weighted by molar-refractivity contribution is -0.116. The Kier molecular flexibility index (Phi) is 6.42. The van der Waals surface area contributed by atoms with Crippen molar-refractivity contribution in [1.29, 1.82) is 0 Å². The van der Waals surface area contributed by atoms with Crippen molar-refractivity contribution < 1.29 is 9.53 Å². The molecule has 0 saturated carbocycles. The van der Waals surface area contributed by atoms with Crippen LogP contribution in [-0.4, -0.2) is 27.1 Å². The van der Waals surface area contributed by atoms with Crippen LogP contribution in [0.3, 0.4) is 0 Å². The summed E-state index contributed by atoms with van der Waals surface area (Å²) in [6.07, 6.45) is 0.903. The Morgan fingerprint density at radius 2 is 1.88 bits per heavy atom. The maximum atomic E-state index is 12.6. The number of halogens is 1. The molecule has 4 aromatic rings. The number of nitrogens with zero attached hydrogens (tertiary/aromatic N) is 3. The largest absolute Gasteiger partial charge is 0.492 e. The van der Waals surface area contributed by atoms with E-state index in [-0.39, 0.29) is 5.91 Å². The van der Waals surface area contributed by atoms with Gasteiger partial charge in [-0.1, -0.05) is 35.9 Å². The van der Waals surface area contributed by atoms with E-state index in [1.165, 1.54) is 0 Å². The number of para-hydroxylation sites is 2. The number of ether oxygens (including phenoxy) is 1. The fourth-order valence-electron chi connectivity index (χ4n) is 3.75. The Morgan fingerprint density at radius 3 is 2.62 bits per heavy atom. The molecule has 0 unspecified atom stereocenters. The molecule has 0 aliphatic rings. The molecule has 1 N–H and O–H groups in total. The highest BCUT2D eigenvalue weighted by molar-refractivity contribution is 6.30. The first-order valence-electron chi connectivity index (χ1n) is 10.6. The first kappa shape index (κ1) is 21.8. The van der Waals surface area contributed by atoms with Crippen LogP contribution in [0.1, 0.15) is 30.3 Å². The van der Waals surface area contributed by atoms with Crippen LogP contribution >= 0.6 is 11.6 Å². The third kappa shape index (κ3) is 4.60. The van der Waals surface area contributed by atoms with Crippen LogP contribution in [-0.2, 0) is 11.2 Å². The molecule has 0 saturated heterocycles. The fourth-order valence-corrected chi connectivity index (χ4v) is 3.88. The van der Waals surface area contributed by atoms with E-state index in [2.05, 4.69) is 5.32 Å². The van der Waals surface area contributed by atoms with Gasteiger partial charge in [-0.15, -0.1) is 0 Å². The minimum Gasteiger partial charge on any atom is -0.492 e. The van der Waals surface area contributed by atoms with Gasteiger partial charge in [-0.2, -0.15) is 5.10 Å². The summed E-state index contributed by atoms with van der Waals surface area (Å²) in [5, 5.41) is 8.38. The number of hydrogen-bond acceptors (Lipinski definition) is 4. The van der Waals surface area contributed by atoms with E-state index in [0.717, 1.165) is 33.9 Å². The van der Waals surface area contributed by atoms with Crippen LogP contribution in [0.4, 0.5) is 5.69 Å². The first-order valence-corrected chi connectivity index (χ1v) is 11.0. The molecule has 0 fully saturated rings. The molecule has 0 spiro atoms. The predicted octanol–water partition coefficient (Wildman–Crippen LogP) is 5.64. The third-order valence-corrected chi connectivity index (χ3v) is 5.62. The molecular formula is C25H25ClN4O2. The maximum absolute atomic E-state index is 12.6. The van der Waals surface area contributed by atoms with Crippen LogP contribution in [0.5, 0.6) is 5.75 Å². The van der Waals surface area contributed by atoms with Gasteiger partial charge in [0.25, 0.3) is 0 Å². The lowest BCUT2D eigenvalue weighted by atomic mass is 10.1. The summed E-state index contributed by atoms with van der Waals surface area (Å²) in [6.45, 7) is 6.44. The minimum atomic E-state index is -0.0710. The average Bonchev–Trinajstić information content (AvgIpc) is 3.20. The summed E-state index contributed by atoms with van der Waals surface area (Å²) < 4.78 is 7.43. The molecule has 2 aromatic carbocycles. The van der Waals surface area contributed by atoms with Crippen molar-refractivity contribution in [1.82, 2.24) is 14.6 Å². The van der Waals surface area contributed by atoms with Crippen molar-refractivity contribution in [3.8, 4) is 17.0 Å².